The third-order valence-corrected chi connectivity index (χ3v) is 3.03. The highest BCUT2D eigenvalue weighted by molar-refractivity contribution is 5.63. The smallest absolute Gasteiger partial charge is 0.355 e. The summed E-state index contributed by atoms with van der Waals surface area (Å²) < 4.78 is 43.0. The number of alkyl halides is 3. The fraction of sp³-hybridized carbons (Fsp3) is 0.308. The molecule has 102 valence electrons. The van der Waals surface area contributed by atoms with Gasteiger partial charge in [0.15, 0.2) is 11.5 Å². The monoisotopic (exact) mass is 270 g/mol. The van der Waals surface area contributed by atoms with E-state index in [1.54, 1.807) is 12.1 Å². The number of nitrogens with zero attached hydrogens (tertiary/aromatic N) is 1. The Labute approximate surface area is 108 Å². The van der Waals surface area contributed by atoms with E-state index in [9.17, 15) is 13.2 Å². The van der Waals surface area contributed by atoms with E-state index in [-0.39, 0.29) is 17.9 Å². The Morgan fingerprint density at radius 1 is 1.21 bits per heavy atom. The summed E-state index contributed by atoms with van der Waals surface area (Å²) in [5.41, 5.74) is 6.79. The van der Waals surface area contributed by atoms with Crippen molar-refractivity contribution < 1.29 is 17.7 Å². The number of benzene rings is 1. The molecule has 0 fully saturated rings. The van der Waals surface area contributed by atoms with E-state index in [0.29, 0.717) is 5.56 Å². The number of nitrogens with two attached hydrogens (primary N) is 1. The fourth-order valence-corrected chi connectivity index (χ4v) is 1.83. The minimum absolute atomic E-state index is 0.0814. The van der Waals surface area contributed by atoms with Crippen molar-refractivity contribution in [3.05, 3.63) is 40.6 Å². The normalized spacial score (nSPS) is 11.9. The van der Waals surface area contributed by atoms with Gasteiger partial charge in [-0.2, -0.15) is 13.2 Å². The molecule has 0 spiro atoms. The molecule has 0 aliphatic heterocycles. The molecule has 0 radical (unpaired) electrons. The average molecular weight is 270 g/mol. The molecule has 1 aromatic carbocycles. The van der Waals surface area contributed by atoms with Crippen molar-refractivity contribution in [1.29, 1.82) is 0 Å². The summed E-state index contributed by atoms with van der Waals surface area (Å²) in [6.07, 6.45) is -4.56. The average Bonchev–Trinajstić information content (AvgIpc) is 2.76. The van der Waals surface area contributed by atoms with Crippen molar-refractivity contribution in [2.75, 3.05) is 0 Å². The van der Waals surface area contributed by atoms with Crippen LogP contribution < -0.4 is 5.73 Å². The number of halogens is 3. The van der Waals surface area contributed by atoms with Crippen molar-refractivity contribution >= 4 is 0 Å². The summed E-state index contributed by atoms with van der Waals surface area (Å²) in [6, 6.07) is 5.28. The number of rotatable bonds is 2. The maximum Gasteiger partial charge on any atom is 0.437 e. The molecule has 2 rings (SSSR count). The molecule has 3 nitrogen and oxygen atoms in total. The van der Waals surface area contributed by atoms with Crippen molar-refractivity contribution in [3.8, 4) is 11.3 Å². The molecule has 0 atom stereocenters. The minimum Gasteiger partial charge on any atom is -0.355 e. The van der Waals surface area contributed by atoms with Crippen LogP contribution in [-0.2, 0) is 12.7 Å². The second-order valence-electron chi connectivity index (χ2n) is 4.34. The molecular weight excluding hydrogens is 257 g/mol. The highest BCUT2D eigenvalue weighted by Gasteiger charge is 2.39. The van der Waals surface area contributed by atoms with Gasteiger partial charge >= 0.3 is 6.18 Å². The van der Waals surface area contributed by atoms with Crippen LogP contribution in [-0.4, -0.2) is 5.16 Å². The zero-order valence-corrected chi connectivity index (χ0v) is 10.5. The van der Waals surface area contributed by atoms with E-state index in [1.807, 2.05) is 19.9 Å². The van der Waals surface area contributed by atoms with Gasteiger partial charge < -0.3 is 10.3 Å². The van der Waals surface area contributed by atoms with Gasteiger partial charge in [0, 0.05) is 17.7 Å². The van der Waals surface area contributed by atoms with Gasteiger partial charge in [-0.3, -0.25) is 0 Å². The topological polar surface area (TPSA) is 52.0 Å². The maximum absolute atomic E-state index is 12.7. The molecule has 0 bridgehead atoms. The third kappa shape index (κ3) is 2.49. The van der Waals surface area contributed by atoms with Gasteiger partial charge in [0.25, 0.3) is 0 Å². The number of aryl methyl sites for hydroxylation is 2. The standard InChI is InChI=1S/C13H13F3N2O/c1-7-3-4-9(5-8(7)2)11-10(6-17)12(18-19-11)13(14,15)16/h3-5H,6,17H2,1-2H3. The molecule has 19 heavy (non-hydrogen) atoms. The largest absolute Gasteiger partial charge is 0.437 e. The van der Waals surface area contributed by atoms with E-state index >= 15 is 0 Å². The Kier molecular flexibility index (Phi) is 3.36. The van der Waals surface area contributed by atoms with Crippen molar-refractivity contribution in [2.24, 2.45) is 5.73 Å². The molecule has 0 aliphatic carbocycles. The Morgan fingerprint density at radius 3 is 2.42 bits per heavy atom. The summed E-state index contributed by atoms with van der Waals surface area (Å²) in [5.74, 6) is 0.0814. The highest BCUT2D eigenvalue weighted by atomic mass is 19.4. The van der Waals surface area contributed by atoms with E-state index in [1.165, 1.54) is 0 Å². The second-order valence-corrected chi connectivity index (χ2v) is 4.34. The first-order chi connectivity index (χ1) is 8.84. The first-order valence-electron chi connectivity index (χ1n) is 5.68. The third-order valence-electron chi connectivity index (χ3n) is 3.03. The molecule has 2 aromatic rings. The van der Waals surface area contributed by atoms with Gasteiger partial charge in [0.05, 0.1) is 0 Å². The molecule has 1 heterocycles. The van der Waals surface area contributed by atoms with Gasteiger partial charge in [-0.1, -0.05) is 17.3 Å². The summed E-state index contributed by atoms with van der Waals surface area (Å²) in [7, 11) is 0. The van der Waals surface area contributed by atoms with E-state index in [4.69, 9.17) is 10.3 Å². The number of hydrogen-bond donors (Lipinski definition) is 1. The molecule has 2 N–H and O–H groups in total. The van der Waals surface area contributed by atoms with E-state index in [0.717, 1.165) is 11.1 Å². The highest BCUT2D eigenvalue weighted by Crippen LogP contribution is 2.36. The molecule has 1 aromatic heterocycles. The van der Waals surface area contributed by atoms with Crippen LogP contribution >= 0.6 is 0 Å². The van der Waals surface area contributed by atoms with Crippen molar-refractivity contribution in [1.82, 2.24) is 5.16 Å². The fourth-order valence-electron chi connectivity index (χ4n) is 1.83. The molecule has 0 amide bonds. The minimum atomic E-state index is -4.56. The maximum atomic E-state index is 12.7. The van der Waals surface area contributed by atoms with Crippen LogP contribution in [0, 0.1) is 13.8 Å². The van der Waals surface area contributed by atoms with Crippen molar-refractivity contribution in [2.45, 2.75) is 26.6 Å². The Bertz CT molecular complexity index is 602. The lowest BCUT2D eigenvalue weighted by atomic mass is 10.0. The summed E-state index contributed by atoms with van der Waals surface area (Å²) in [4.78, 5) is 0. The van der Waals surface area contributed by atoms with Crippen LogP contribution in [0.3, 0.4) is 0 Å². The van der Waals surface area contributed by atoms with Crippen LogP contribution in [0.2, 0.25) is 0 Å². The first-order valence-corrected chi connectivity index (χ1v) is 5.68. The van der Waals surface area contributed by atoms with Gasteiger partial charge in [-0.25, -0.2) is 0 Å². The van der Waals surface area contributed by atoms with Crippen LogP contribution in [0.1, 0.15) is 22.4 Å². The SMILES string of the molecule is Cc1ccc(-c2onc(C(F)(F)F)c2CN)cc1C. The molecule has 0 unspecified atom stereocenters. The van der Waals surface area contributed by atoms with Gasteiger partial charge in [-0.15, -0.1) is 0 Å². The lowest BCUT2D eigenvalue weighted by Crippen LogP contribution is -2.11. The predicted molar refractivity (Wildman–Crippen MR) is 64.3 cm³/mol. The molecule has 0 saturated heterocycles. The number of hydrogen-bond acceptors (Lipinski definition) is 3. The Morgan fingerprint density at radius 2 is 1.89 bits per heavy atom. The predicted octanol–water partition coefficient (Wildman–Crippen LogP) is 3.44. The Hall–Kier alpha value is -1.82. The van der Waals surface area contributed by atoms with Gasteiger partial charge in [0.1, 0.15) is 0 Å². The number of aromatic nitrogens is 1. The molecule has 6 heteroatoms. The van der Waals surface area contributed by atoms with Gasteiger partial charge in [0.2, 0.25) is 0 Å². The lowest BCUT2D eigenvalue weighted by molar-refractivity contribution is -0.143. The summed E-state index contributed by atoms with van der Waals surface area (Å²) in [5, 5.41) is 3.11. The van der Waals surface area contributed by atoms with Crippen molar-refractivity contribution in [3.63, 3.8) is 0 Å². The molecule has 0 aliphatic rings. The van der Waals surface area contributed by atoms with E-state index in [2.05, 4.69) is 5.16 Å². The summed E-state index contributed by atoms with van der Waals surface area (Å²) in [6.45, 7) is 3.52. The summed E-state index contributed by atoms with van der Waals surface area (Å²) >= 11 is 0. The van der Waals surface area contributed by atoms with Crippen LogP contribution in [0.25, 0.3) is 11.3 Å². The zero-order chi connectivity index (χ0) is 14.2. The lowest BCUT2D eigenvalue weighted by Gasteiger charge is -2.06. The van der Waals surface area contributed by atoms with Crippen LogP contribution in [0.4, 0.5) is 13.2 Å². The van der Waals surface area contributed by atoms with Crippen LogP contribution in [0.15, 0.2) is 22.7 Å². The second kappa shape index (κ2) is 4.70. The zero-order valence-electron chi connectivity index (χ0n) is 10.5. The molecule has 0 saturated carbocycles. The van der Waals surface area contributed by atoms with Gasteiger partial charge in [-0.05, 0) is 31.0 Å². The van der Waals surface area contributed by atoms with Crippen LogP contribution in [0.5, 0.6) is 0 Å². The first kappa shape index (κ1) is 13.6. The van der Waals surface area contributed by atoms with E-state index < -0.39 is 11.9 Å². The molecular formula is C13H13F3N2O. The quantitative estimate of drug-likeness (QED) is 0.909. The Balaban J connectivity index is 2.57.